The lowest BCUT2D eigenvalue weighted by atomic mass is 10.1. The van der Waals surface area contributed by atoms with Crippen LogP contribution in [-0.2, 0) is 19.6 Å². The topological polar surface area (TPSA) is 66.9 Å². The van der Waals surface area contributed by atoms with Crippen LogP contribution in [-0.4, -0.2) is 61.9 Å². The molecule has 0 aliphatic carbocycles. The second-order valence-corrected chi connectivity index (χ2v) is 9.24. The Hall–Kier alpha value is -0.670. The van der Waals surface area contributed by atoms with Gasteiger partial charge in [-0.1, -0.05) is 27.5 Å². The number of hydrogen-bond donors (Lipinski definition) is 0. The third-order valence-corrected chi connectivity index (χ3v) is 7.25. The van der Waals surface area contributed by atoms with Gasteiger partial charge in [-0.3, -0.25) is 9.69 Å². The van der Waals surface area contributed by atoms with Gasteiger partial charge in [-0.25, -0.2) is 8.42 Å². The molecule has 1 aromatic rings. The van der Waals surface area contributed by atoms with E-state index in [9.17, 15) is 13.2 Å². The Morgan fingerprint density at radius 2 is 1.92 bits per heavy atom. The summed E-state index contributed by atoms with van der Waals surface area (Å²) in [5.41, 5.74) is 0. The van der Waals surface area contributed by atoms with Crippen molar-refractivity contribution in [3.8, 4) is 0 Å². The number of ether oxygens (including phenoxy) is 1. The standard InChI is InChI=1S/C15H18BrClN2O4S/c1-10-8-13(15(20)23-10)18-4-6-19(7-5-18)24(21,22)14-3-2-11(16)9-12(14)17/h2-3,9-10,13H,4-8H2,1H3. The highest BCUT2D eigenvalue weighted by Gasteiger charge is 2.39. The Labute approximate surface area is 154 Å². The normalized spacial score (nSPS) is 26.5. The van der Waals surface area contributed by atoms with Crippen molar-refractivity contribution in [2.24, 2.45) is 0 Å². The van der Waals surface area contributed by atoms with Crippen LogP contribution in [0.3, 0.4) is 0 Å². The first kappa shape index (κ1) is 18.1. The summed E-state index contributed by atoms with van der Waals surface area (Å²) < 4.78 is 32.9. The predicted molar refractivity (Wildman–Crippen MR) is 93.4 cm³/mol. The van der Waals surface area contributed by atoms with Crippen molar-refractivity contribution in [1.29, 1.82) is 0 Å². The molecule has 0 amide bonds. The van der Waals surface area contributed by atoms with Gasteiger partial charge in [0.05, 0.1) is 5.02 Å². The Balaban J connectivity index is 1.71. The average molecular weight is 438 g/mol. The molecule has 132 valence electrons. The highest BCUT2D eigenvalue weighted by atomic mass is 79.9. The van der Waals surface area contributed by atoms with Crippen LogP contribution < -0.4 is 0 Å². The minimum atomic E-state index is -3.64. The first-order valence-corrected chi connectivity index (χ1v) is 10.3. The number of cyclic esters (lactones) is 1. The van der Waals surface area contributed by atoms with E-state index in [1.54, 1.807) is 12.1 Å². The summed E-state index contributed by atoms with van der Waals surface area (Å²) >= 11 is 9.36. The number of hydrogen-bond acceptors (Lipinski definition) is 5. The van der Waals surface area contributed by atoms with E-state index in [2.05, 4.69) is 15.9 Å². The van der Waals surface area contributed by atoms with Gasteiger partial charge >= 0.3 is 5.97 Å². The fourth-order valence-electron chi connectivity index (χ4n) is 3.11. The highest BCUT2D eigenvalue weighted by Crippen LogP contribution is 2.29. The lowest BCUT2D eigenvalue weighted by molar-refractivity contribution is -0.145. The largest absolute Gasteiger partial charge is 0.461 e. The van der Waals surface area contributed by atoms with Gasteiger partial charge in [-0.05, 0) is 25.1 Å². The maximum Gasteiger partial charge on any atom is 0.323 e. The van der Waals surface area contributed by atoms with E-state index in [1.807, 2.05) is 11.8 Å². The monoisotopic (exact) mass is 436 g/mol. The second kappa shape index (κ2) is 6.92. The first-order valence-electron chi connectivity index (χ1n) is 7.69. The van der Waals surface area contributed by atoms with Gasteiger partial charge in [-0.15, -0.1) is 0 Å². The molecule has 2 aliphatic heterocycles. The first-order chi connectivity index (χ1) is 11.3. The van der Waals surface area contributed by atoms with Crippen LogP contribution in [0.2, 0.25) is 5.02 Å². The van der Waals surface area contributed by atoms with Crippen LogP contribution in [0.1, 0.15) is 13.3 Å². The minimum absolute atomic E-state index is 0.0779. The Morgan fingerprint density at radius 3 is 2.46 bits per heavy atom. The van der Waals surface area contributed by atoms with Gasteiger partial charge in [0.25, 0.3) is 0 Å². The maximum absolute atomic E-state index is 12.8. The van der Waals surface area contributed by atoms with Gasteiger partial charge in [0, 0.05) is 37.1 Å². The molecular weight excluding hydrogens is 420 g/mol. The summed E-state index contributed by atoms with van der Waals surface area (Å²) in [5.74, 6) is -0.213. The van der Waals surface area contributed by atoms with Crippen molar-refractivity contribution in [2.75, 3.05) is 26.2 Å². The number of sulfonamides is 1. The number of nitrogens with zero attached hydrogens (tertiary/aromatic N) is 2. The van der Waals surface area contributed by atoms with Crippen LogP contribution in [0.5, 0.6) is 0 Å². The van der Waals surface area contributed by atoms with E-state index >= 15 is 0 Å². The van der Waals surface area contributed by atoms with Crippen LogP contribution >= 0.6 is 27.5 Å². The lowest BCUT2D eigenvalue weighted by Gasteiger charge is -2.35. The third kappa shape index (κ3) is 3.48. The van der Waals surface area contributed by atoms with Crippen molar-refractivity contribution in [3.05, 3.63) is 27.7 Å². The molecule has 0 N–H and O–H groups in total. The molecule has 2 aliphatic rings. The Morgan fingerprint density at radius 1 is 1.25 bits per heavy atom. The minimum Gasteiger partial charge on any atom is -0.461 e. The predicted octanol–water partition coefficient (Wildman–Crippen LogP) is 2.11. The van der Waals surface area contributed by atoms with Crippen LogP contribution in [0.25, 0.3) is 0 Å². The SMILES string of the molecule is CC1CC(N2CCN(S(=O)(=O)c3ccc(Br)cc3Cl)CC2)C(=O)O1. The van der Waals surface area contributed by atoms with Gasteiger partial charge in [0.1, 0.15) is 17.0 Å². The van der Waals surface area contributed by atoms with E-state index in [4.69, 9.17) is 16.3 Å². The Kier molecular flexibility index (Phi) is 5.22. The maximum atomic E-state index is 12.8. The number of halogens is 2. The van der Waals surface area contributed by atoms with Gasteiger partial charge in [0.2, 0.25) is 10.0 Å². The molecule has 0 aromatic heterocycles. The molecule has 0 radical (unpaired) electrons. The number of piperazine rings is 1. The molecule has 0 spiro atoms. The fourth-order valence-corrected chi connectivity index (χ4v) is 5.55. The fraction of sp³-hybridized carbons (Fsp3) is 0.533. The second-order valence-electron chi connectivity index (χ2n) is 6.01. The Bertz CT molecular complexity index is 750. The van der Waals surface area contributed by atoms with E-state index in [0.717, 1.165) is 4.47 Å². The molecule has 0 bridgehead atoms. The summed E-state index contributed by atoms with van der Waals surface area (Å²) in [5, 5.41) is 0.194. The van der Waals surface area contributed by atoms with Crippen molar-refractivity contribution in [1.82, 2.24) is 9.21 Å². The molecule has 3 rings (SSSR count). The van der Waals surface area contributed by atoms with E-state index in [1.165, 1.54) is 10.4 Å². The molecular formula is C15H18BrClN2O4S. The zero-order chi connectivity index (χ0) is 17.5. The van der Waals surface area contributed by atoms with Crippen LogP contribution in [0, 0.1) is 0 Å². The summed E-state index contributed by atoms with van der Waals surface area (Å²) in [6, 6.07) is 4.47. The molecule has 2 atom stereocenters. The van der Waals surface area contributed by atoms with E-state index in [0.29, 0.717) is 32.6 Å². The van der Waals surface area contributed by atoms with Crippen molar-refractivity contribution >= 4 is 43.5 Å². The average Bonchev–Trinajstić information content (AvgIpc) is 2.85. The van der Waals surface area contributed by atoms with Crippen LogP contribution in [0.4, 0.5) is 0 Å². The lowest BCUT2D eigenvalue weighted by Crippen LogP contribution is -2.53. The molecule has 6 nitrogen and oxygen atoms in total. The van der Waals surface area contributed by atoms with E-state index in [-0.39, 0.29) is 28.0 Å². The van der Waals surface area contributed by atoms with Crippen molar-refractivity contribution in [3.63, 3.8) is 0 Å². The smallest absolute Gasteiger partial charge is 0.323 e. The summed E-state index contributed by atoms with van der Waals surface area (Å²) in [6.45, 7) is 3.52. The molecule has 9 heteroatoms. The number of esters is 1. The molecule has 24 heavy (non-hydrogen) atoms. The number of rotatable bonds is 3. The zero-order valence-electron chi connectivity index (χ0n) is 13.1. The number of carbonyl (C=O) groups excluding carboxylic acids is 1. The quantitative estimate of drug-likeness (QED) is 0.678. The van der Waals surface area contributed by atoms with E-state index < -0.39 is 10.0 Å². The van der Waals surface area contributed by atoms with Gasteiger partial charge in [-0.2, -0.15) is 4.31 Å². The zero-order valence-corrected chi connectivity index (χ0v) is 16.3. The highest BCUT2D eigenvalue weighted by molar-refractivity contribution is 9.10. The van der Waals surface area contributed by atoms with Gasteiger partial charge in [0.15, 0.2) is 0 Å². The third-order valence-electron chi connectivity index (χ3n) is 4.37. The molecule has 1 aromatic carbocycles. The molecule has 0 saturated carbocycles. The van der Waals surface area contributed by atoms with Crippen molar-refractivity contribution < 1.29 is 17.9 Å². The van der Waals surface area contributed by atoms with Gasteiger partial charge < -0.3 is 4.74 Å². The molecule has 2 saturated heterocycles. The molecule has 2 heterocycles. The van der Waals surface area contributed by atoms with Crippen molar-refractivity contribution in [2.45, 2.75) is 30.4 Å². The van der Waals surface area contributed by atoms with Crippen LogP contribution in [0.15, 0.2) is 27.6 Å². The molecule has 2 fully saturated rings. The summed E-state index contributed by atoms with van der Waals surface area (Å²) in [4.78, 5) is 14.0. The number of carbonyl (C=O) groups is 1. The number of benzene rings is 1. The summed E-state index contributed by atoms with van der Waals surface area (Å²) in [6.07, 6.45) is 0.579. The molecule has 2 unspecified atom stereocenters. The summed E-state index contributed by atoms with van der Waals surface area (Å²) in [7, 11) is -3.64.